The molecule has 0 bridgehead atoms. The second-order valence-corrected chi connectivity index (χ2v) is 8.69. The van der Waals surface area contributed by atoms with Crippen LogP contribution in [-0.4, -0.2) is 31.0 Å². The Hall–Kier alpha value is -3.19. The summed E-state index contributed by atoms with van der Waals surface area (Å²) in [6.07, 6.45) is 0.264. The fourth-order valence-electron chi connectivity index (χ4n) is 3.69. The number of hydrogen-bond acceptors (Lipinski definition) is 5. The van der Waals surface area contributed by atoms with E-state index in [0.717, 1.165) is 33.8 Å². The minimum atomic E-state index is -0.564. The maximum atomic E-state index is 12.5. The number of carbonyl (C=O) groups excluding carboxylic acids is 2. The summed E-state index contributed by atoms with van der Waals surface area (Å²) in [6.45, 7) is 3.88. The molecule has 0 atom stereocenters. The van der Waals surface area contributed by atoms with Crippen molar-refractivity contribution in [2.45, 2.75) is 25.7 Å². The Labute approximate surface area is 179 Å². The first kappa shape index (κ1) is 20.1. The molecule has 0 aliphatic carbocycles. The van der Waals surface area contributed by atoms with Gasteiger partial charge in [0.15, 0.2) is 5.13 Å². The molecule has 3 aromatic rings. The number of hydrogen-bond donors (Lipinski definition) is 1. The number of ether oxygens (including phenoxy) is 1. The Morgan fingerprint density at radius 1 is 1.20 bits per heavy atom. The molecule has 6 nitrogen and oxygen atoms in total. The van der Waals surface area contributed by atoms with E-state index in [9.17, 15) is 9.59 Å². The van der Waals surface area contributed by atoms with E-state index >= 15 is 0 Å². The average molecular weight is 422 g/mol. The van der Waals surface area contributed by atoms with Crippen LogP contribution < -0.4 is 15.0 Å². The van der Waals surface area contributed by atoms with Crippen molar-refractivity contribution in [2.75, 3.05) is 24.4 Å². The van der Waals surface area contributed by atoms with Gasteiger partial charge >= 0.3 is 0 Å². The van der Waals surface area contributed by atoms with Crippen molar-refractivity contribution >= 4 is 34.0 Å². The van der Waals surface area contributed by atoms with Gasteiger partial charge in [-0.15, -0.1) is 11.3 Å². The highest BCUT2D eigenvalue weighted by molar-refractivity contribution is 7.14. The van der Waals surface area contributed by atoms with Crippen LogP contribution in [0.15, 0.2) is 47.8 Å². The molecule has 0 unspecified atom stereocenters. The Morgan fingerprint density at radius 3 is 2.63 bits per heavy atom. The van der Waals surface area contributed by atoms with Crippen LogP contribution in [0, 0.1) is 0 Å². The number of methoxy groups -OCH3 is 1. The summed E-state index contributed by atoms with van der Waals surface area (Å²) in [6, 6.07) is 13.4. The van der Waals surface area contributed by atoms with E-state index in [1.54, 1.807) is 19.1 Å². The number of rotatable bonds is 5. The number of aromatic nitrogens is 1. The van der Waals surface area contributed by atoms with Gasteiger partial charge in [-0.05, 0) is 49.2 Å². The van der Waals surface area contributed by atoms with Crippen LogP contribution in [-0.2, 0) is 21.4 Å². The zero-order valence-electron chi connectivity index (χ0n) is 17.4. The number of amides is 2. The van der Waals surface area contributed by atoms with Crippen molar-refractivity contribution in [1.82, 2.24) is 4.98 Å². The molecule has 1 aromatic heterocycles. The first-order valence-electron chi connectivity index (χ1n) is 9.61. The Morgan fingerprint density at radius 2 is 1.93 bits per heavy atom. The van der Waals surface area contributed by atoms with E-state index in [4.69, 9.17) is 4.74 Å². The fourth-order valence-corrected chi connectivity index (χ4v) is 4.42. The molecular weight excluding hydrogens is 398 g/mol. The summed E-state index contributed by atoms with van der Waals surface area (Å²) < 4.78 is 5.14. The third kappa shape index (κ3) is 3.57. The van der Waals surface area contributed by atoms with Gasteiger partial charge in [0.25, 0.3) is 0 Å². The van der Waals surface area contributed by atoms with Crippen molar-refractivity contribution in [1.29, 1.82) is 0 Å². The number of anilines is 2. The predicted molar refractivity (Wildman–Crippen MR) is 119 cm³/mol. The van der Waals surface area contributed by atoms with Gasteiger partial charge in [-0.1, -0.05) is 18.2 Å². The lowest BCUT2D eigenvalue weighted by Crippen LogP contribution is -2.33. The third-order valence-corrected chi connectivity index (χ3v) is 6.20. The zero-order chi connectivity index (χ0) is 21.5. The first-order chi connectivity index (χ1) is 14.3. The van der Waals surface area contributed by atoms with Crippen LogP contribution in [0.2, 0.25) is 0 Å². The summed E-state index contributed by atoms with van der Waals surface area (Å²) in [4.78, 5) is 31.1. The molecule has 0 fully saturated rings. The molecule has 4 rings (SSSR count). The SMILES string of the molecule is COc1ccc(CC(=O)Nc2nc(-c3ccc4c(c3)C(C)(C)C(=O)N4C)cs2)cc1. The molecule has 154 valence electrons. The van der Waals surface area contributed by atoms with Crippen LogP contribution in [0.5, 0.6) is 5.75 Å². The van der Waals surface area contributed by atoms with Crippen LogP contribution in [0.4, 0.5) is 10.8 Å². The van der Waals surface area contributed by atoms with Crippen LogP contribution in [0.25, 0.3) is 11.3 Å². The number of thiazole rings is 1. The number of nitrogens with one attached hydrogen (secondary N) is 1. The standard InChI is InChI=1S/C23H23N3O3S/c1-23(2)17-12-15(7-10-19(17)26(3)21(23)28)18-13-30-22(24-18)25-20(27)11-14-5-8-16(29-4)9-6-14/h5-10,12-13H,11H2,1-4H3,(H,24,25,27). The lowest BCUT2D eigenvalue weighted by atomic mass is 9.85. The highest BCUT2D eigenvalue weighted by Gasteiger charge is 2.42. The number of nitrogens with zero attached hydrogens (tertiary/aromatic N) is 2. The highest BCUT2D eigenvalue weighted by Crippen LogP contribution is 2.42. The molecule has 1 aliphatic heterocycles. The van der Waals surface area contributed by atoms with Crippen LogP contribution in [0.3, 0.4) is 0 Å². The summed E-state index contributed by atoms with van der Waals surface area (Å²) in [7, 11) is 3.41. The molecule has 1 N–H and O–H groups in total. The van der Waals surface area contributed by atoms with E-state index in [-0.39, 0.29) is 18.2 Å². The molecule has 30 heavy (non-hydrogen) atoms. The molecule has 7 heteroatoms. The number of fused-ring (bicyclic) bond motifs is 1. The average Bonchev–Trinajstić information content (AvgIpc) is 3.26. The van der Waals surface area contributed by atoms with Crippen molar-refractivity contribution in [3.63, 3.8) is 0 Å². The third-order valence-electron chi connectivity index (χ3n) is 5.44. The molecule has 1 aliphatic rings. The Bertz CT molecular complexity index is 1120. The molecular formula is C23H23N3O3S. The molecule has 0 radical (unpaired) electrons. The molecule has 2 aromatic carbocycles. The van der Waals surface area contributed by atoms with E-state index in [2.05, 4.69) is 10.3 Å². The highest BCUT2D eigenvalue weighted by atomic mass is 32.1. The van der Waals surface area contributed by atoms with Gasteiger partial charge in [0.1, 0.15) is 5.75 Å². The molecule has 2 heterocycles. The van der Waals surface area contributed by atoms with Gasteiger partial charge < -0.3 is 15.0 Å². The van der Waals surface area contributed by atoms with E-state index in [1.165, 1.54) is 11.3 Å². The monoisotopic (exact) mass is 421 g/mol. The smallest absolute Gasteiger partial charge is 0.236 e. The lowest BCUT2D eigenvalue weighted by Gasteiger charge is -2.16. The quantitative estimate of drug-likeness (QED) is 0.668. The summed E-state index contributed by atoms with van der Waals surface area (Å²) in [5.41, 5.74) is 3.96. The fraction of sp³-hybridized carbons (Fsp3) is 0.261. The van der Waals surface area contributed by atoms with Gasteiger partial charge in [0, 0.05) is 23.7 Å². The topological polar surface area (TPSA) is 71.5 Å². The van der Waals surface area contributed by atoms with Crippen LogP contribution >= 0.6 is 11.3 Å². The maximum Gasteiger partial charge on any atom is 0.236 e. The molecule has 0 spiro atoms. The number of carbonyl (C=O) groups is 2. The Balaban J connectivity index is 1.49. The lowest BCUT2D eigenvalue weighted by molar-refractivity contribution is -0.121. The zero-order valence-corrected chi connectivity index (χ0v) is 18.2. The molecule has 2 amide bonds. The van der Waals surface area contributed by atoms with Crippen LogP contribution in [0.1, 0.15) is 25.0 Å². The van der Waals surface area contributed by atoms with E-state index in [1.807, 2.05) is 61.7 Å². The largest absolute Gasteiger partial charge is 0.497 e. The number of benzene rings is 2. The number of likely N-dealkylation sites (N-methyl/N-ethyl adjacent to an activating group) is 1. The minimum absolute atomic E-state index is 0.0828. The van der Waals surface area contributed by atoms with Gasteiger partial charge in [-0.3, -0.25) is 9.59 Å². The Kier molecular flexibility index (Phi) is 5.07. The van der Waals surface area contributed by atoms with Crippen molar-refractivity contribution < 1.29 is 14.3 Å². The van der Waals surface area contributed by atoms with Gasteiger partial charge in [-0.25, -0.2) is 4.98 Å². The van der Waals surface area contributed by atoms with Gasteiger partial charge in [0.05, 0.1) is 24.6 Å². The van der Waals surface area contributed by atoms with E-state index < -0.39 is 5.41 Å². The predicted octanol–water partition coefficient (Wildman–Crippen LogP) is 4.25. The second kappa shape index (κ2) is 7.57. The van der Waals surface area contributed by atoms with Gasteiger partial charge in [0.2, 0.25) is 11.8 Å². The first-order valence-corrected chi connectivity index (χ1v) is 10.5. The van der Waals surface area contributed by atoms with Crippen molar-refractivity contribution in [3.8, 4) is 17.0 Å². The minimum Gasteiger partial charge on any atom is -0.497 e. The molecule has 0 saturated carbocycles. The second-order valence-electron chi connectivity index (χ2n) is 7.83. The normalized spacial score (nSPS) is 14.5. The van der Waals surface area contributed by atoms with Crippen molar-refractivity contribution in [3.05, 3.63) is 59.0 Å². The van der Waals surface area contributed by atoms with Gasteiger partial charge in [-0.2, -0.15) is 0 Å². The van der Waals surface area contributed by atoms with Crippen molar-refractivity contribution in [2.24, 2.45) is 0 Å². The summed E-state index contributed by atoms with van der Waals surface area (Å²) in [5.74, 6) is 0.719. The summed E-state index contributed by atoms with van der Waals surface area (Å²) in [5, 5.41) is 5.33. The molecule has 0 saturated heterocycles. The van der Waals surface area contributed by atoms with E-state index in [0.29, 0.717) is 5.13 Å². The summed E-state index contributed by atoms with van der Waals surface area (Å²) >= 11 is 1.38. The maximum absolute atomic E-state index is 12.5.